The number of likely N-dealkylation sites (tertiary alicyclic amines) is 1. The average molecular weight is 324 g/mol. The van der Waals surface area contributed by atoms with Crippen molar-refractivity contribution in [2.75, 3.05) is 20.2 Å². The Morgan fingerprint density at radius 3 is 3.00 bits per heavy atom. The minimum Gasteiger partial charge on any atom is -0.496 e. The van der Waals surface area contributed by atoms with Crippen molar-refractivity contribution < 1.29 is 4.74 Å². The number of benzene rings is 1. The van der Waals surface area contributed by atoms with Crippen LogP contribution >= 0.6 is 0 Å². The minimum absolute atomic E-state index is 0.630. The molecule has 0 amide bonds. The van der Waals surface area contributed by atoms with Gasteiger partial charge in [0.15, 0.2) is 0 Å². The summed E-state index contributed by atoms with van der Waals surface area (Å²) >= 11 is 0. The van der Waals surface area contributed by atoms with Gasteiger partial charge in [0.05, 0.1) is 18.7 Å². The third-order valence-corrected chi connectivity index (χ3v) is 4.80. The molecular weight excluding hydrogens is 300 g/mol. The van der Waals surface area contributed by atoms with Crippen LogP contribution in [0.4, 0.5) is 0 Å². The Balaban J connectivity index is 1.67. The second-order valence-corrected chi connectivity index (χ2v) is 6.54. The Morgan fingerprint density at radius 2 is 2.29 bits per heavy atom. The number of nitriles is 1. The largest absolute Gasteiger partial charge is 0.496 e. The summed E-state index contributed by atoms with van der Waals surface area (Å²) in [6.07, 6.45) is 7.35. The van der Waals surface area contributed by atoms with E-state index in [0.717, 1.165) is 43.2 Å². The molecule has 1 saturated heterocycles. The summed E-state index contributed by atoms with van der Waals surface area (Å²) in [7, 11) is 3.74. The van der Waals surface area contributed by atoms with Gasteiger partial charge in [-0.25, -0.2) is 4.98 Å². The maximum atomic E-state index is 9.13. The number of rotatable bonds is 5. The zero-order chi connectivity index (χ0) is 16.9. The van der Waals surface area contributed by atoms with Gasteiger partial charge in [0.1, 0.15) is 11.6 Å². The highest BCUT2D eigenvalue weighted by Crippen LogP contribution is 2.25. The van der Waals surface area contributed by atoms with E-state index in [4.69, 9.17) is 10.00 Å². The normalized spacial score (nSPS) is 18.3. The van der Waals surface area contributed by atoms with Crippen LogP contribution in [-0.2, 0) is 20.0 Å². The van der Waals surface area contributed by atoms with Crippen molar-refractivity contribution in [2.45, 2.75) is 25.8 Å². The van der Waals surface area contributed by atoms with Crippen molar-refractivity contribution in [1.82, 2.24) is 14.5 Å². The molecule has 0 spiro atoms. The first kappa shape index (κ1) is 16.5. The molecule has 126 valence electrons. The average Bonchev–Trinajstić information content (AvgIpc) is 3.00. The van der Waals surface area contributed by atoms with Gasteiger partial charge >= 0.3 is 0 Å². The lowest BCUT2D eigenvalue weighted by molar-refractivity contribution is 0.164. The van der Waals surface area contributed by atoms with Crippen LogP contribution in [0.2, 0.25) is 0 Å². The number of hydrogen-bond donors (Lipinski definition) is 0. The van der Waals surface area contributed by atoms with Gasteiger partial charge in [0.25, 0.3) is 0 Å². The van der Waals surface area contributed by atoms with E-state index >= 15 is 0 Å². The molecule has 1 atom stereocenters. The Labute approximate surface area is 143 Å². The third kappa shape index (κ3) is 3.77. The van der Waals surface area contributed by atoms with Crippen LogP contribution in [0.3, 0.4) is 0 Å². The summed E-state index contributed by atoms with van der Waals surface area (Å²) < 4.78 is 7.57. The Kier molecular flexibility index (Phi) is 5.17. The van der Waals surface area contributed by atoms with Crippen molar-refractivity contribution in [3.8, 4) is 11.8 Å². The Bertz CT molecular complexity index is 731. The number of methoxy groups -OCH3 is 1. The van der Waals surface area contributed by atoms with Crippen LogP contribution in [0, 0.1) is 17.2 Å². The first-order valence-electron chi connectivity index (χ1n) is 8.45. The SMILES string of the molecule is COc1ccc(C#N)cc1CN1CCC[C@H](Cc2nccn2C)C1. The molecule has 2 aromatic rings. The summed E-state index contributed by atoms with van der Waals surface area (Å²) in [6.45, 7) is 2.99. The highest BCUT2D eigenvalue weighted by Gasteiger charge is 2.22. The molecule has 3 rings (SSSR count). The van der Waals surface area contributed by atoms with Crippen LogP contribution in [0.1, 0.15) is 29.8 Å². The topological polar surface area (TPSA) is 54.1 Å². The van der Waals surface area contributed by atoms with Crippen molar-refractivity contribution in [1.29, 1.82) is 5.26 Å². The van der Waals surface area contributed by atoms with Crippen LogP contribution < -0.4 is 4.74 Å². The molecule has 1 aliphatic rings. The molecule has 2 heterocycles. The third-order valence-electron chi connectivity index (χ3n) is 4.80. The molecule has 0 bridgehead atoms. The van der Waals surface area contributed by atoms with Crippen LogP contribution in [0.5, 0.6) is 5.75 Å². The number of ether oxygens (including phenoxy) is 1. The van der Waals surface area contributed by atoms with E-state index in [9.17, 15) is 0 Å². The zero-order valence-electron chi connectivity index (χ0n) is 14.4. The molecule has 1 aromatic heterocycles. The fraction of sp³-hybridized carbons (Fsp3) is 0.474. The summed E-state index contributed by atoms with van der Waals surface area (Å²) in [4.78, 5) is 6.93. The molecule has 24 heavy (non-hydrogen) atoms. The van der Waals surface area contributed by atoms with Crippen molar-refractivity contribution in [3.05, 3.63) is 47.5 Å². The quantitative estimate of drug-likeness (QED) is 0.848. The minimum atomic E-state index is 0.630. The van der Waals surface area contributed by atoms with Crippen molar-refractivity contribution >= 4 is 0 Å². The molecule has 0 saturated carbocycles. The van der Waals surface area contributed by atoms with E-state index < -0.39 is 0 Å². The standard InChI is InChI=1S/C19H24N4O/c1-22-9-7-21-19(22)11-16-4-3-8-23(13-16)14-17-10-15(12-20)5-6-18(17)24-2/h5-7,9-10,16H,3-4,8,11,13-14H2,1-2H3/t16-/m1/s1. The van der Waals surface area contributed by atoms with E-state index in [1.165, 1.54) is 12.8 Å². The highest BCUT2D eigenvalue weighted by atomic mass is 16.5. The second kappa shape index (κ2) is 7.50. The van der Waals surface area contributed by atoms with Gasteiger partial charge in [-0.2, -0.15) is 5.26 Å². The van der Waals surface area contributed by atoms with Crippen LogP contribution in [0.25, 0.3) is 0 Å². The maximum Gasteiger partial charge on any atom is 0.123 e. The summed E-state index contributed by atoms with van der Waals surface area (Å²) in [6, 6.07) is 7.86. The second-order valence-electron chi connectivity index (χ2n) is 6.54. The van der Waals surface area contributed by atoms with Gasteiger partial charge in [-0.3, -0.25) is 4.90 Å². The molecule has 5 heteroatoms. The van der Waals surface area contributed by atoms with E-state index in [0.29, 0.717) is 11.5 Å². The number of hydrogen-bond acceptors (Lipinski definition) is 4. The molecule has 1 aliphatic heterocycles. The smallest absolute Gasteiger partial charge is 0.123 e. The maximum absolute atomic E-state index is 9.13. The van der Waals surface area contributed by atoms with Gasteiger partial charge in [0, 0.05) is 44.5 Å². The monoisotopic (exact) mass is 324 g/mol. The first-order valence-corrected chi connectivity index (χ1v) is 8.45. The predicted molar refractivity (Wildman–Crippen MR) is 92.6 cm³/mol. The molecule has 0 N–H and O–H groups in total. The molecule has 0 unspecified atom stereocenters. The van der Waals surface area contributed by atoms with Crippen molar-refractivity contribution in [3.63, 3.8) is 0 Å². The van der Waals surface area contributed by atoms with E-state index in [1.54, 1.807) is 7.11 Å². The van der Waals surface area contributed by atoms with Gasteiger partial charge in [-0.1, -0.05) is 0 Å². The van der Waals surface area contributed by atoms with Gasteiger partial charge in [-0.05, 0) is 43.5 Å². The number of imidazole rings is 1. The lowest BCUT2D eigenvalue weighted by atomic mass is 9.94. The lowest BCUT2D eigenvalue weighted by Gasteiger charge is -2.33. The Hall–Kier alpha value is -2.32. The molecule has 0 radical (unpaired) electrons. The summed E-state index contributed by atoms with van der Waals surface area (Å²) in [5, 5.41) is 9.13. The molecule has 5 nitrogen and oxygen atoms in total. The van der Waals surface area contributed by atoms with Gasteiger partial charge < -0.3 is 9.30 Å². The zero-order valence-corrected chi connectivity index (χ0v) is 14.4. The molecule has 1 fully saturated rings. The molecule has 0 aliphatic carbocycles. The van der Waals surface area contributed by atoms with E-state index in [2.05, 4.69) is 27.6 Å². The predicted octanol–water partition coefficient (Wildman–Crippen LogP) is 2.76. The summed E-state index contributed by atoms with van der Waals surface area (Å²) in [5.41, 5.74) is 1.78. The molecule has 1 aromatic carbocycles. The lowest BCUT2D eigenvalue weighted by Crippen LogP contribution is -2.36. The van der Waals surface area contributed by atoms with Gasteiger partial charge in [0.2, 0.25) is 0 Å². The highest BCUT2D eigenvalue weighted by molar-refractivity contribution is 5.42. The first-order chi connectivity index (χ1) is 11.7. The Morgan fingerprint density at radius 1 is 1.42 bits per heavy atom. The number of aryl methyl sites for hydroxylation is 1. The number of piperidine rings is 1. The fourth-order valence-corrected chi connectivity index (χ4v) is 3.53. The molecular formula is C19H24N4O. The fourth-order valence-electron chi connectivity index (χ4n) is 3.53. The van der Waals surface area contributed by atoms with Crippen molar-refractivity contribution in [2.24, 2.45) is 13.0 Å². The van der Waals surface area contributed by atoms with E-state index in [-0.39, 0.29) is 0 Å². The summed E-state index contributed by atoms with van der Waals surface area (Å²) in [5.74, 6) is 2.65. The van der Waals surface area contributed by atoms with Crippen LogP contribution in [-0.4, -0.2) is 34.7 Å². The van der Waals surface area contributed by atoms with Gasteiger partial charge in [-0.15, -0.1) is 0 Å². The number of aromatic nitrogens is 2. The van der Waals surface area contributed by atoms with E-state index in [1.807, 2.05) is 30.6 Å². The number of nitrogens with zero attached hydrogens (tertiary/aromatic N) is 4. The van der Waals surface area contributed by atoms with Crippen LogP contribution in [0.15, 0.2) is 30.6 Å².